The zero-order valence-electron chi connectivity index (χ0n) is 16.0. The number of amides is 1. The van der Waals surface area contributed by atoms with Crippen LogP contribution < -0.4 is 5.32 Å². The van der Waals surface area contributed by atoms with E-state index in [1.807, 2.05) is 0 Å². The summed E-state index contributed by atoms with van der Waals surface area (Å²) in [7, 11) is 1.79. The van der Waals surface area contributed by atoms with Crippen LogP contribution in [0.25, 0.3) is 5.69 Å². The van der Waals surface area contributed by atoms with Crippen molar-refractivity contribution in [3.63, 3.8) is 0 Å². The van der Waals surface area contributed by atoms with E-state index >= 15 is 0 Å². The normalized spacial score (nSPS) is 14.1. The first-order valence-electron chi connectivity index (χ1n) is 9.39. The fourth-order valence-corrected chi connectivity index (χ4v) is 3.44. The van der Waals surface area contributed by atoms with Crippen molar-refractivity contribution in [2.45, 2.75) is 31.4 Å². The zero-order valence-corrected chi connectivity index (χ0v) is 16.8. The summed E-state index contributed by atoms with van der Waals surface area (Å²) < 4.78 is 42.9. The van der Waals surface area contributed by atoms with Gasteiger partial charge in [0.05, 0.1) is 28.7 Å². The summed E-state index contributed by atoms with van der Waals surface area (Å²) >= 11 is 5.06. The van der Waals surface area contributed by atoms with Crippen molar-refractivity contribution in [2.24, 2.45) is 7.05 Å². The second-order valence-corrected chi connectivity index (χ2v) is 7.57. The first-order valence-corrected chi connectivity index (χ1v) is 9.80. The van der Waals surface area contributed by atoms with Crippen LogP contribution in [0.2, 0.25) is 0 Å². The molecule has 0 bridgehead atoms. The summed E-state index contributed by atoms with van der Waals surface area (Å²) in [5.41, 5.74) is 0.554. The highest BCUT2D eigenvalue weighted by molar-refractivity contribution is 7.71. The fraction of sp³-hybridized carbons (Fsp3) is 0.368. The Bertz CT molecular complexity index is 1140. The molecular formula is C19H19F3N6OS. The van der Waals surface area contributed by atoms with Crippen molar-refractivity contribution in [1.82, 2.24) is 29.9 Å². The number of hydrogen-bond acceptors (Lipinski definition) is 4. The lowest BCUT2D eigenvalue weighted by atomic mass is 10.1. The minimum absolute atomic E-state index is 0.106. The van der Waals surface area contributed by atoms with E-state index in [4.69, 9.17) is 12.2 Å². The Morgan fingerprint density at radius 3 is 2.77 bits per heavy atom. The predicted octanol–water partition coefficient (Wildman–Crippen LogP) is 3.53. The molecule has 7 nitrogen and oxygen atoms in total. The number of carbonyl (C=O) groups is 1. The molecule has 2 heterocycles. The maximum atomic E-state index is 13.1. The van der Waals surface area contributed by atoms with Gasteiger partial charge in [-0.05, 0) is 43.3 Å². The van der Waals surface area contributed by atoms with Crippen LogP contribution in [0, 0.1) is 4.77 Å². The summed E-state index contributed by atoms with van der Waals surface area (Å²) in [6, 6.07) is 4.96. The van der Waals surface area contributed by atoms with E-state index in [1.54, 1.807) is 17.7 Å². The highest BCUT2D eigenvalue weighted by Crippen LogP contribution is 2.42. The van der Waals surface area contributed by atoms with E-state index in [1.165, 1.54) is 16.9 Å². The third-order valence-corrected chi connectivity index (χ3v) is 5.40. The van der Waals surface area contributed by atoms with Crippen LogP contribution in [0.1, 0.15) is 46.2 Å². The zero-order chi connectivity index (χ0) is 21.5. The molecule has 0 aliphatic heterocycles. The average molecular weight is 436 g/mol. The lowest BCUT2D eigenvalue weighted by molar-refractivity contribution is -0.137. The molecule has 11 heteroatoms. The fourth-order valence-electron chi connectivity index (χ4n) is 3.29. The first kappa shape index (κ1) is 20.3. The average Bonchev–Trinajstić information content (AvgIpc) is 3.38. The maximum absolute atomic E-state index is 13.1. The Labute approximate surface area is 174 Å². The second kappa shape index (κ2) is 7.71. The number of nitrogens with zero attached hydrogens (tertiary/aromatic N) is 4. The number of carbonyl (C=O) groups excluding carboxylic acids is 1. The number of benzene rings is 1. The van der Waals surface area contributed by atoms with Gasteiger partial charge in [-0.15, -0.1) is 0 Å². The van der Waals surface area contributed by atoms with Gasteiger partial charge in [0.1, 0.15) is 5.82 Å². The summed E-state index contributed by atoms with van der Waals surface area (Å²) in [5, 5.41) is 13.8. The topological polar surface area (TPSA) is 80.5 Å². The van der Waals surface area contributed by atoms with Crippen molar-refractivity contribution in [3.05, 3.63) is 57.9 Å². The van der Waals surface area contributed by atoms with E-state index < -0.39 is 11.7 Å². The van der Waals surface area contributed by atoms with Gasteiger partial charge in [-0.2, -0.15) is 23.4 Å². The van der Waals surface area contributed by atoms with E-state index in [0.29, 0.717) is 34.8 Å². The third-order valence-electron chi connectivity index (χ3n) is 5.04. The van der Waals surface area contributed by atoms with E-state index in [-0.39, 0.29) is 17.5 Å². The molecule has 0 spiro atoms. The molecule has 1 amide bonds. The number of nitrogens with one attached hydrogen (secondary N) is 2. The SMILES string of the molecule is Cn1c(CCNC(=O)c2cnn(-c3cccc(C(F)(F)F)c3)c2C2CC2)n[nH]c1=S. The number of aromatic amines is 1. The van der Waals surface area contributed by atoms with Gasteiger partial charge in [-0.1, -0.05) is 6.07 Å². The first-order chi connectivity index (χ1) is 14.3. The Kier molecular flexibility index (Phi) is 5.22. The number of halogens is 3. The Morgan fingerprint density at radius 2 is 2.13 bits per heavy atom. The van der Waals surface area contributed by atoms with Gasteiger partial charge in [-0.25, -0.2) is 4.68 Å². The van der Waals surface area contributed by atoms with Gasteiger partial charge in [0.25, 0.3) is 5.91 Å². The monoisotopic (exact) mass is 436 g/mol. The molecule has 158 valence electrons. The number of H-pyrrole nitrogens is 1. The highest BCUT2D eigenvalue weighted by atomic mass is 32.1. The highest BCUT2D eigenvalue weighted by Gasteiger charge is 2.34. The Hall–Kier alpha value is -2.95. The molecule has 0 radical (unpaired) electrons. The minimum Gasteiger partial charge on any atom is -0.351 e. The molecule has 1 fully saturated rings. The largest absolute Gasteiger partial charge is 0.416 e. The summed E-state index contributed by atoms with van der Waals surface area (Å²) in [6.07, 6.45) is -0.809. The van der Waals surface area contributed by atoms with Crippen LogP contribution in [0.3, 0.4) is 0 Å². The summed E-state index contributed by atoms with van der Waals surface area (Å²) in [5.74, 6) is 0.504. The van der Waals surface area contributed by atoms with Gasteiger partial charge < -0.3 is 9.88 Å². The van der Waals surface area contributed by atoms with Gasteiger partial charge in [0, 0.05) is 25.9 Å². The van der Waals surface area contributed by atoms with Gasteiger partial charge in [-0.3, -0.25) is 9.89 Å². The second-order valence-electron chi connectivity index (χ2n) is 7.19. The molecule has 2 aromatic heterocycles. The molecule has 1 aromatic carbocycles. The molecule has 1 saturated carbocycles. The predicted molar refractivity (Wildman–Crippen MR) is 105 cm³/mol. The van der Waals surface area contributed by atoms with Crippen molar-refractivity contribution in [2.75, 3.05) is 6.54 Å². The van der Waals surface area contributed by atoms with Crippen LogP contribution in [0.15, 0.2) is 30.5 Å². The molecule has 2 N–H and O–H groups in total. The lowest BCUT2D eigenvalue weighted by Gasteiger charge is -2.12. The molecular weight excluding hydrogens is 417 g/mol. The van der Waals surface area contributed by atoms with Crippen molar-refractivity contribution in [1.29, 1.82) is 0 Å². The maximum Gasteiger partial charge on any atom is 0.416 e. The summed E-state index contributed by atoms with van der Waals surface area (Å²) in [4.78, 5) is 12.7. The molecule has 3 aromatic rings. The van der Waals surface area contributed by atoms with Gasteiger partial charge in [0.2, 0.25) is 0 Å². The van der Waals surface area contributed by atoms with Crippen molar-refractivity contribution in [3.8, 4) is 5.69 Å². The van der Waals surface area contributed by atoms with E-state index in [0.717, 1.165) is 25.0 Å². The number of alkyl halides is 3. The number of hydrogen-bond donors (Lipinski definition) is 2. The van der Waals surface area contributed by atoms with Crippen LogP contribution in [0.5, 0.6) is 0 Å². The molecule has 4 rings (SSSR count). The number of rotatable bonds is 6. The van der Waals surface area contributed by atoms with Crippen LogP contribution in [0.4, 0.5) is 13.2 Å². The Morgan fingerprint density at radius 1 is 1.37 bits per heavy atom. The molecule has 30 heavy (non-hydrogen) atoms. The van der Waals surface area contributed by atoms with E-state index in [2.05, 4.69) is 20.6 Å². The standard InChI is InChI=1S/C19H19F3N6OS/c1-27-15(25-26-18(27)30)7-8-23-17(29)14-10-24-28(16(14)11-5-6-11)13-4-2-3-12(9-13)19(20,21)22/h2-4,9-11H,5-8H2,1H3,(H,23,29)(H,26,30). The minimum atomic E-state index is -4.45. The third kappa shape index (κ3) is 4.02. The van der Waals surface area contributed by atoms with Crippen molar-refractivity contribution < 1.29 is 18.0 Å². The van der Waals surface area contributed by atoms with Crippen LogP contribution in [-0.2, 0) is 19.6 Å². The molecule has 1 aliphatic rings. The lowest BCUT2D eigenvalue weighted by Crippen LogP contribution is -2.27. The van der Waals surface area contributed by atoms with Gasteiger partial charge in [0.15, 0.2) is 4.77 Å². The smallest absolute Gasteiger partial charge is 0.351 e. The van der Waals surface area contributed by atoms with Gasteiger partial charge >= 0.3 is 6.18 Å². The molecule has 0 atom stereocenters. The Balaban J connectivity index is 1.55. The van der Waals surface area contributed by atoms with E-state index in [9.17, 15) is 18.0 Å². The summed E-state index contributed by atoms with van der Waals surface area (Å²) in [6.45, 7) is 0.338. The van der Waals surface area contributed by atoms with Crippen molar-refractivity contribution >= 4 is 18.1 Å². The molecule has 0 unspecified atom stereocenters. The number of aromatic nitrogens is 5. The van der Waals surface area contributed by atoms with Crippen LogP contribution >= 0.6 is 12.2 Å². The molecule has 1 aliphatic carbocycles. The quantitative estimate of drug-likeness (QED) is 0.580. The molecule has 0 saturated heterocycles. The van der Waals surface area contributed by atoms with Crippen LogP contribution in [-0.4, -0.2) is 37.0 Å².